The lowest BCUT2D eigenvalue weighted by molar-refractivity contribution is 0.146. The van der Waals surface area contributed by atoms with Crippen LogP contribution in [0.25, 0.3) is 0 Å². The van der Waals surface area contributed by atoms with Crippen LogP contribution in [0.4, 0.5) is 5.69 Å². The fraction of sp³-hybridized carbons (Fsp3) is 0.333. The Balaban J connectivity index is 2.84. The molecule has 0 bridgehead atoms. The van der Waals surface area contributed by atoms with Crippen LogP contribution in [0.15, 0.2) is 24.3 Å². The maximum Gasteiger partial charge on any atom is 0.119 e. The van der Waals surface area contributed by atoms with Gasteiger partial charge in [-0.05, 0) is 24.3 Å². The van der Waals surface area contributed by atoms with Gasteiger partial charge in [-0.25, -0.2) is 0 Å². The number of rotatable bonds is 4. The molecule has 0 aliphatic heterocycles. The zero-order chi connectivity index (χ0) is 12.4. The monoisotopic (exact) mass is 171 g/mol. The number of benzene rings is 1. The lowest BCUT2D eigenvalue weighted by atomic mass is 10.3. The second kappa shape index (κ2) is 4.62. The lowest BCUT2D eigenvalue weighted by Gasteiger charge is -2.04. The van der Waals surface area contributed by atoms with Crippen LogP contribution in [0.5, 0.6) is 5.75 Å². The maximum absolute atomic E-state index is 7.43. The summed E-state index contributed by atoms with van der Waals surface area (Å²) in [7, 11) is 1.07. The molecule has 0 fully saturated rings. The SMILES string of the molecule is [2H]C([2H])(OC)C([2H])([2H])Oc1ccc(N)cc1. The van der Waals surface area contributed by atoms with Crippen LogP contribution in [0.1, 0.15) is 5.48 Å². The van der Waals surface area contributed by atoms with Crippen molar-refractivity contribution in [1.82, 2.24) is 0 Å². The first-order chi connectivity index (χ1) is 7.28. The van der Waals surface area contributed by atoms with Gasteiger partial charge in [0.15, 0.2) is 0 Å². The van der Waals surface area contributed by atoms with Crippen molar-refractivity contribution in [2.24, 2.45) is 0 Å². The fourth-order valence-electron chi connectivity index (χ4n) is 0.657. The minimum Gasteiger partial charge on any atom is -0.491 e. The third-order valence-corrected chi connectivity index (χ3v) is 1.19. The second-order valence-electron chi connectivity index (χ2n) is 2.08. The summed E-state index contributed by atoms with van der Waals surface area (Å²) in [5, 5.41) is 0. The standard InChI is InChI=1S/C9H13NO2/c1-11-6-7-12-9-4-2-8(10)3-5-9/h2-5H,6-7,10H2,1H3/i6D2,7D2. The van der Waals surface area contributed by atoms with Gasteiger partial charge in [0.05, 0.1) is 12.0 Å². The summed E-state index contributed by atoms with van der Waals surface area (Å²) in [5.74, 6) is 0.181. The molecule has 0 aliphatic carbocycles. The van der Waals surface area contributed by atoms with Gasteiger partial charge < -0.3 is 15.2 Å². The van der Waals surface area contributed by atoms with Crippen molar-refractivity contribution in [3.05, 3.63) is 24.3 Å². The predicted octanol–water partition coefficient (Wildman–Crippen LogP) is 1.29. The number of hydrogen-bond acceptors (Lipinski definition) is 3. The summed E-state index contributed by atoms with van der Waals surface area (Å²) >= 11 is 0. The molecule has 0 amide bonds. The average Bonchev–Trinajstić information content (AvgIpc) is 2.21. The molecule has 12 heavy (non-hydrogen) atoms. The zero-order valence-corrected chi connectivity index (χ0v) is 6.70. The molecule has 0 atom stereocenters. The highest BCUT2D eigenvalue weighted by Gasteiger charge is 1.91. The highest BCUT2D eigenvalue weighted by molar-refractivity contribution is 5.41. The Bertz CT molecular complexity index is 353. The topological polar surface area (TPSA) is 44.5 Å². The molecule has 1 aromatic carbocycles. The van der Waals surface area contributed by atoms with E-state index in [4.69, 9.17) is 16.0 Å². The second-order valence-corrected chi connectivity index (χ2v) is 2.08. The van der Waals surface area contributed by atoms with E-state index in [0.717, 1.165) is 7.11 Å². The Morgan fingerprint density at radius 1 is 1.33 bits per heavy atom. The molecular formula is C9H13NO2. The number of methoxy groups -OCH3 is 1. The van der Waals surface area contributed by atoms with Crippen LogP contribution in [0.2, 0.25) is 0 Å². The molecular weight excluding hydrogens is 154 g/mol. The van der Waals surface area contributed by atoms with Crippen molar-refractivity contribution in [3.8, 4) is 5.75 Å². The Kier molecular flexibility index (Phi) is 1.82. The van der Waals surface area contributed by atoms with E-state index in [-0.39, 0.29) is 5.75 Å². The molecule has 0 aliphatic rings. The molecule has 3 nitrogen and oxygen atoms in total. The smallest absolute Gasteiger partial charge is 0.119 e. The number of nitrogens with two attached hydrogens (primary N) is 1. The molecule has 0 spiro atoms. The summed E-state index contributed by atoms with van der Waals surface area (Å²) in [6, 6.07) is 5.99. The number of anilines is 1. The molecule has 1 aromatic rings. The maximum atomic E-state index is 7.43. The van der Waals surface area contributed by atoms with E-state index in [2.05, 4.69) is 4.74 Å². The average molecular weight is 171 g/mol. The Morgan fingerprint density at radius 2 is 2.00 bits per heavy atom. The minimum atomic E-state index is -2.59. The molecule has 0 saturated carbocycles. The third-order valence-electron chi connectivity index (χ3n) is 1.19. The fourth-order valence-corrected chi connectivity index (χ4v) is 0.657. The van der Waals surface area contributed by atoms with Gasteiger partial charge in [0.2, 0.25) is 0 Å². The molecule has 0 radical (unpaired) electrons. The normalized spacial score (nSPS) is 17.1. The lowest BCUT2D eigenvalue weighted by Crippen LogP contribution is -2.03. The summed E-state index contributed by atoms with van der Waals surface area (Å²) < 4.78 is 38.7. The number of hydrogen-bond donors (Lipinski definition) is 1. The molecule has 0 saturated heterocycles. The van der Waals surface area contributed by atoms with Gasteiger partial charge in [-0.3, -0.25) is 0 Å². The van der Waals surface area contributed by atoms with Crippen molar-refractivity contribution in [2.45, 2.75) is 0 Å². The first-order valence-corrected chi connectivity index (χ1v) is 3.38. The van der Waals surface area contributed by atoms with Crippen molar-refractivity contribution in [1.29, 1.82) is 0 Å². The van der Waals surface area contributed by atoms with E-state index in [9.17, 15) is 0 Å². The quantitative estimate of drug-likeness (QED) is 0.694. The summed E-state index contributed by atoms with van der Waals surface area (Å²) in [5.41, 5.74) is 5.97. The van der Waals surface area contributed by atoms with Crippen molar-refractivity contribution in [3.63, 3.8) is 0 Å². The molecule has 3 heteroatoms. The minimum absolute atomic E-state index is 0.181. The van der Waals surface area contributed by atoms with Gasteiger partial charge in [-0.1, -0.05) is 0 Å². The van der Waals surface area contributed by atoms with Crippen LogP contribution >= 0.6 is 0 Å². The highest BCUT2D eigenvalue weighted by Crippen LogP contribution is 2.12. The third kappa shape index (κ3) is 2.80. The van der Waals surface area contributed by atoms with Crippen molar-refractivity contribution in [2.75, 3.05) is 26.0 Å². The predicted molar refractivity (Wildman–Crippen MR) is 48.2 cm³/mol. The van der Waals surface area contributed by atoms with E-state index < -0.39 is 13.1 Å². The first kappa shape index (κ1) is 4.72. The van der Waals surface area contributed by atoms with E-state index >= 15 is 0 Å². The Labute approximate surface area is 77.7 Å². The van der Waals surface area contributed by atoms with E-state index in [0.29, 0.717) is 5.69 Å². The van der Waals surface area contributed by atoms with Gasteiger partial charge in [-0.2, -0.15) is 0 Å². The summed E-state index contributed by atoms with van der Waals surface area (Å²) in [4.78, 5) is 0. The van der Waals surface area contributed by atoms with Crippen LogP contribution < -0.4 is 10.5 Å². The molecule has 66 valence electrons. The van der Waals surface area contributed by atoms with Crippen molar-refractivity contribution >= 4 is 5.69 Å². The van der Waals surface area contributed by atoms with E-state index in [1.54, 1.807) is 0 Å². The van der Waals surface area contributed by atoms with Crippen LogP contribution in [0.3, 0.4) is 0 Å². The molecule has 0 aromatic heterocycles. The van der Waals surface area contributed by atoms with E-state index in [1.807, 2.05) is 0 Å². The van der Waals surface area contributed by atoms with Crippen LogP contribution in [-0.4, -0.2) is 20.2 Å². The molecule has 0 heterocycles. The largest absolute Gasteiger partial charge is 0.491 e. The van der Waals surface area contributed by atoms with Crippen molar-refractivity contribution < 1.29 is 15.0 Å². The zero-order valence-electron chi connectivity index (χ0n) is 10.7. The summed E-state index contributed by atoms with van der Waals surface area (Å²) in [6.45, 7) is -5.12. The van der Waals surface area contributed by atoms with Gasteiger partial charge in [0.1, 0.15) is 12.3 Å². The number of nitrogen functional groups attached to an aromatic ring is 1. The van der Waals surface area contributed by atoms with Crippen LogP contribution in [-0.2, 0) is 4.74 Å². The van der Waals surface area contributed by atoms with Gasteiger partial charge in [0.25, 0.3) is 0 Å². The van der Waals surface area contributed by atoms with Gasteiger partial charge in [0, 0.05) is 12.8 Å². The first-order valence-electron chi connectivity index (χ1n) is 5.38. The summed E-state index contributed by atoms with van der Waals surface area (Å²) in [6.07, 6.45) is 0. The molecule has 2 N–H and O–H groups in total. The van der Waals surface area contributed by atoms with Crippen LogP contribution in [0, 0.1) is 0 Å². The molecule has 0 unspecified atom stereocenters. The molecule has 1 rings (SSSR count). The Hall–Kier alpha value is -1.22. The Morgan fingerprint density at radius 3 is 2.58 bits per heavy atom. The van der Waals surface area contributed by atoms with E-state index in [1.165, 1.54) is 24.3 Å². The highest BCUT2D eigenvalue weighted by atomic mass is 16.5. The van der Waals surface area contributed by atoms with Gasteiger partial charge in [-0.15, -0.1) is 0 Å². The van der Waals surface area contributed by atoms with Gasteiger partial charge >= 0.3 is 0 Å². The number of ether oxygens (including phenoxy) is 2.